The summed E-state index contributed by atoms with van der Waals surface area (Å²) in [6.45, 7) is 20.5. The van der Waals surface area contributed by atoms with Crippen LogP contribution in [0.25, 0.3) is 5.69 Å². The van der Waals surface area contributed by atoms with Gasteiger partial charge in [-0.05, 0) is 125 Å². The summed E-state index contributed by atoms with van der Waals surface area (Å²) in [4.78, 5) is 13.6. The lowest BCUT2D eigenvalue weighted by Crippen LogP contribution is -2.69. The van der Waals surface area contributed by atoms with Crippen LogP contribution in [-0.2, 0) is 21.3 Å². The van der Waals surface area contributed by atoms with Gasteiger partial charge in [-0.1, -0.05) is 52.8 Å². The highest BCUT2D eigenvalue weighted by Gasteiger charge is 2.73. The number of carbonyl (C=O) groups is 1. The molecule has 2 aromatic rings. The molecule has 7 nitrogen and oxygen atoms in total. The number of hydrogen-bond donors (Lipinski definition) is 2. The fourth-order valence-corrected chi connectivity index (χ4v) is 13.2. The second kappa shape index (κ2) is 10.6. The fourth-order valence-electron chi connectivity index (χ4n) is 13.2. The number of para-hydroxylation sites is 1. The molecule has 1 aromatic carbocycles. The van der Waals surface area contributed by atoms with Crippen LogP contribution in [0.4, 0.5) is 0 Å². The molecule has 5 aliphatic rings. The summed E-state index contributed by atoms with van der Waals surface area (Å²) < 4.78 is 14.5. The topological polar surface area (TPSA) is 93.8 Å². The van der Waals surface area contributed by atoms with Crippen LogP contribution in [0, 0.1) is 39.9 Å². The van der Waals surface area contributed by atoms with E-state index in [1.807, 2.05) is 41.9 Å². The zero-order valence-corrected chi connectivity index (χ0v) is 30.2. The van der Waals surface area contributed by atoms with Crippen molar-refractivity contribution in [3.05, 3.63) is 47.3 Å². The molecule has 1 aliphatic heterocycles. The minimum atomic E-state index is -0.540. The van der Waals surface area contributed by atoms with Crippen LogP contribution < -0.4 is 0 Å². The van der Waals surface area contributed by atoms with E-state index in [1.54, 1.807) is 0 Å². The van der Waals surface area contributed by atoms with E-state index in [2.05, 4.69) is 55.4 Å². The standard InChI is InChI=1S/C40H58N2O5/c1-10-46-34(45)31-25-22-37(6)29-21-27(43)30-26(40(9)19-14-18-35(2,3)47-40)17-20-38(30,7)39(29,8)23-28(44)32(37)36(4,5)33(25)42(41-31)24-15-12-11-13-16-24/h11-13,15-16,26-30,32,43-44H,10,14,17-23H2,1-9H3/t26-,27+,28+,29+,30-,32-,37+,38+,39+,40+/m0/s1. The van der Waals surface area contributed by atoms with Crippen molar-refractivity contribution in [2.24, 2.45) is 39.9 Å². The SMILES string of the molecule is CCOC(=O)c1nn(-c2ccccc2)c2c1C[C@]1(C)[C@H]3C[C@@H](O)[C@@H]4[C@@H]([C@@]5(C)CCCC(C)(C)O5)CC[C@@]4(C)[C@]3(C)C[C@@H](O)[C@H]1C2(C)C. The highest BCUT2D eigenvalue weighted by atomic mass is 16.5. The van der Waals surface area contributed by atoms with Gasteiger partial charge in [-0.25, -0.2) is 9.48 Å². The minimum Gasteiger partial charge on any atom is -0.461 e. The van der Waals surface area contributed by atoms with E-state index in [9.17, 15) is 15.0 Å². The number of esters is 1. The fraction of sp³-hybridized carbons (Fsp3) is 0.750. The molecule has 0 unspecified atom stereocenters. The summed E-state index contributed by atoms with van der Waals surface area (Å²) >= 11 is 0. The number of rotatable bonds is 4. The maximum absolute atomic E-state index is 13.6. The Balaban J connectivity index is 1.34. The lowest BCUT2D eigenvalue weighted by Gasteiger charge is -2.71. The molecule has 258 valence electrons. The molecule has 7 rings (SSSR count). The Kier molecular flexibility index (Phi) is 7.53. The quantitative estimate of drug-likeness (QED) is 0.336. The highest BCUT2D eigenvalue weighted by molar-refractivity contribution is 5.89. The first kappa shape index (κ1) is 33.3. The number of fused-ring (bicyclic) bond motifs is 6. The van der Waals surface area contributed by atoms with E-state index in [4.69, 9.17) is 14.6 Å². The maximum atomic E-state index is 13.6. The summed E-state index contributed by atoms with van der Waals surface area (Å²) in [5.41, 5.74) is 1.52. The predicted molar refractivity (Wildman–Crippen MR) is 182 cm³/mol. The number of aromatic nitrogens is 2. The third-order valence-corrected chi connectivity index (χ3v) is 14.8. The van der Waals surface area contributed by atoms with Crippen LogP contribution in [0.15, 0.2) is 30.3 Å². The van der Waals surface area contributed by atoms with Crippen molar-refractivity contribution in [3.63, 3.8) is 0 Å². The maximum Gasteiger partial charge on any atom is 0.359 e. The van der Waals surface area contributed by atoms with Crippen molar-refractivity contribution in [1.82, 2.24) is 9.78 Å². The van der Waals surface area contributed by atoms with Gasteiger partial charge in [-0.15, -0.1) is 0 Å². The van der Waals surface area contributed by atoms with E-state index >= 15 is 0 Å². The number of aliphatic hydroxyl groups is 2. The van der Waals surface area contributed by atoms with Crippen molar-refractivity contribution in [2.45, 2.75) is 143 Å². The molecule has 2 N–H and O–H groups in total. The summed E-state index contributed by atoms with van der Waals surface area (Å²) in [5, 5.41) is 29.9. The average Bonchev–Trinajstić information content (AvgIpc) is 3.55. The number of carbonyl (C=O) groups excluding carboxylic acids is 1. The summed E-state index contributed by atoms with van der Waals surface area (Å²) in [5.74, 6) is 0.0553. The van der Waals surface area contributed by atoms with Crippen molar-refractivity contribution in [2.75, 3.05) is 6.61 Å². The van der Waals surface area contributed by atoms with E-state index in [0.29, 0.717) is 25.0 Å². The van der Waals surface area contributed by atoms with E-state index in [1.165, 1.54) is 0 Å². The molecule has 2 heterocycles. The monoisotopic (exact) mass is 646 g/mol. The molecule has 7 heteroatoms. The van der Waals surface area contributed by atoms with Gasteiger partial charge in [0, 0.05) is 16.9 Å². The van der Waals surface area contributed by atoms with Gasteiger partial charge >= 0.3 is 5.97 Å². The lowest BCUT2D eigenvalue weighted by molar-refractivity contribution is -0.259. The molecule has 1 saturated heterocycles. The molecular weight excluding hydrogens is 588 g/mol. The van der Waals surface area contributed by atoms with Gasteiger partial charge in [0.1, 0.15) is 0 Å². The zero-order valence-electron chi connectivity index (χ0n) is 30.2. The lowest BCUT2D eigenvalue weighted by atomic mass is 9.34. The molecule has 0 spiro atoms. The molecule has 4 aliphatic carbocycles. The molecule has 1 aromatic heterocycles. The largest absolute Gasteiger partial charge is 0.461 e. The third kappa shape index (κ3) is 4.54. The minimum absolute atomic E-state index is 0.0840. The number of ether oxygens (including phenoxy) is 2. The first-order chi connectivity index (χ1) is 21.9. The molecule has 0 bridgehead atoms. The van der Waals surface area contributed by atoms with Crippen LogP contribution in [0.2, 0.25) is 0 Å². The second-order valence-electron chi connectivity index (χ2n) is 18.2. The van der Waals surface area contributed by atoms with Gasteiger partial charge in [-0.3, -0.25) is 0 Å². The Bertz CT molecular complexity index is 1550. The molecule has 0 amide bonds. The molecule has 47 heavy (non-hydrogen) atoms. The smallest absolute Gasteiger partial charge is 0.359 e. The molecule has 4 fully saturated rings. The number of nitrogens with zero attached hydrogens (tertiary/aromatic N) is 2. The third-order valence-electron chi connectivity index (χ3n) is 14.8. The Morgan fingerprint density at radius 2 is 1.68 bits per heavy atom. The molecule has 10 atom stereocenters. The number of aliphatic hydroxyl groups excluding tert-OH is 2. The van der Waals surface area contributed by atoms with E-state index in [-0.39, 0.29) is 57.7 Å². The first-order valence-electron chi connectivity index (χ1n) is 18.3. The number of benzene rings is 1. The van der Waals surface area contributed by atoms with Gasteiger partial charge in [-0.2, -0.15) is 5.10 Å². The highest BCUT2D eigenvalue weighted by Crippen LogP contribution is 2.76. The summed E-state index contributed by atoms with van der Waals surface area (Å²) in [6, 6.07) is 10.0. The Morgan fingerprint density at radius 1 is 0.979 bits per heavy atom. The van der Waals surface area contributed by atoms with Crippen LogP contribution in [0.1, 0.15) is 129 Å². The molecule has 0 radical (unpaired) electrons. The van der Waals surface area contributed by atoms with Crippen molar-refractivity contribution >= 4 is 5.97 Å². The molecular formula is C40H58N2O5. The van der Waals surface area contributed by atoms with Gasteiger partial charge in [0.2, 0.25) is 0 Å². The average molecular weight is 647 g/mol. The van der Waals surface area contributed by atoms with Crippen molar-refractivity contribution in [3.8, 4) is 5.69 Å². The van der Waals surface area contributed by atoms with Crippen LogP contribution in [-0.4, -0.2) is 56.0 Å². The van der Waals surface area contributed by atoms with Crippen molar-refractivity contribution < 1.29 is 24.5 Å². The van der Waals surface area contributed by atoms with Crippen LogP contribution >= 0.6 is 0 Å². The van der Waals surface area contributed by atoms with Crippen molar-refractivity contribution in [1.29, 1.82) is 0 Å². The van der Waals surface area contributed by atoms with Gasteiger partial charge in [0.05, 0.1) is 41.4 Å². The van der Waals surface area contributed by atoms with Gasteiger partial charge in [0.25, 0.3) is 0 Å². The van der Waals surface area contributed by atoms with E-state index < -0.39 is 23.6 Å². The number of hydrogen-bond acceptors (Lipinski definition) is 6. The zero-order chi connectivity index (χ0) is 33.9. The van der Waals surface area contributed by atoms with Crippen LogP contribution in [0.5, 0.6) is 0 Å². The summed E-state index contributed by atoms with van der Waals surface area (Å²) in [7, 11) is 0. The van der Waals surface area contributed by atoms with E-state index in [0.717, 1.165) is 49.0 Å². The van der Waals surface area contributed by atoms with Gasteiger partial charge < -0.3 is 19.7 Å². The van der Waals surface area contributed by atoms with Crippen LogP contribution in [0.3, 0.4) is 0 Å². The summed E-state index contributed by atoms with van der Waals surface area (Å²) in [6.07, 6.45) is 6.32. The Hall–Kier alpha value is -2.22. The predicted octanol–water partition coefficient (Wildman–Crippen LogP) is 7.43. The van der Waals surface area contributed by atoms with Gasteiger partial charge in [0.15, 0.2) is 5.69 Å². The Morgan fingerprint density at radius 3 is 2.34 bits per heavy atom. The Labute approximate surface area is 281 Å². The molecule has 3 saturated carbocycles. The second-order valence-corrected chi connectivity index (χ2v) is 18.2. The normalized spacial score (nSPS) is 43.3. The first-order valence-corrected chi connectivity index (χ1v) is 18.3.